The molecule has 2 heterocycles. The molecule has 0 saturated carbocycles. The molecular weight excluding hydrogens is 394 g/mol. The fourth-order valence-corrected chi connectivity index (χ4v) is 4.51. The number of aromatic nitrogens is 2. The van der Waals surface area contributed by atoms with Gasteiger partial charge in [0, 0.05) is 49.3 Å². The van der Waals surface area contributed by atoms with Crippen molar-refractivity contribution in [1.82, 2.24) is 14.3 Å². The summed E-state index contributed by atoms with van der Waals surface area (Å²) in [6.45, 7) is 6.36. The van der Waals surface area contributed by atoms with Gasteiger partial charge in [-0.05, 0) is 30.5 Å². The summed E-state index contributed by atoms with van der Waals surface area (Å²) in [5.74, 6) is 0.852. The van der Waals surface area contributed by atoms with E-state index in [9.17, 15) is 4.79 Å². The van der Waals surface area contributed by atoms with E-state index in [1.165, 1.54) is 17.1 Å². The lowest BCUT2D eigenvalue weighted by atomic mass is 10.1. The Hall–Kier alpha value is -2.93. The van der Waals surface area contributed by atoms with Crippen molar-refractivity contribution < 1.29 is 4.79 Å². The number of amides is 2. The summed E-state index contributed by atoms with van der Waals surface area (Å²) in [6.07, 6.45) is 1.63. The number of urea groups is 1. The van der Waals surface area contributed by atoms with Gasteiger partial charge in [-0.15, -0.1) is 0 Å². The van der Waals surface area contributed by atoms with Crippen molar-refractivity contribution in [2.24, 2.45) is 0 Å². The van der Waals surface area contributed by atoms with E-state index in [-0.39, 0.29) is 12.1 Å². The van der Waals surface area contributed by atoms with E-state index in [4.69, 9.17) is 4.98 Å². The van der Waals surface area contributed by atoms with E-state index < -0.39 is 0 Å². The third-order valence-electron chi connectivity index (χ3n) is 5.46. The molecule has 0 bridgehead atoms. The molecule has 7 heteroatoms. The van der Waals surface area contributed by atoms with Crippen LogP contribution in [0.1, 0.15) is 30.8 Å². The SMILES string of the molecule is CCc1ccccc1NC(=O)N1CCN(c2nc(Cc3ccccc3)ns2)CC1C. The van der Waals surface area contributed by atoms with Crippen LogP contribution in [0.4, 0.5) is 15.6 Å². The lowest BCUT2D eigenvalue weighted by molar-refractivity contribution is 0.185. The Morgan fingerprint density at radius 2 is 1.90 bits per heavy atom. The van der Waals surface area contributed by atoms with Crippen LogP contribution in [-0.2, 0) is 12.8 Å². The van der Waals surface area contributed by atoms with E-state index >= 15 is 0 Å². The number of anilines is 2. The first-order valence-electron chi connectivity index (χ1n) is 10.4. The summed E-state index contributed by atoms with van der Waals surface area (Å²) in [6, 6.07) is 18.3. The highest BCUT2D eigenvalue weighted by molar-refractivity contribution is 7.09. The Morgan fingerprint density at radius 3 is 2.67 bits per heavy atom. The molecule has 1 saturated heterocycles. The first-order chi connectivity index (χ1) is 14.6. The van der Waals surface area contributed by atoms with Crippen LogP contribution in [0.25, 0.3) is 0 Å². The largest absolute Gasteiger partial charge is 0.343 e. The zero-order chi connectivity index (χ0) is 20.9. The second-order valence-corrected chi connectivity index (χ2v) is 8.32. The number of rotatable bonds is 5. The maximum Gasteiger partial charge on any atom is 0.322 e. The van der Waals surface area contributed by atoms with E-state index in [0.29, 0.717) is 6.54 Å². The van der Waals surface area contributed by atoms with E-state index in [1.807, 2.05) is 41.3 Å². The predicted molar refractivity (Wildman–Crippen MR) is 122 cm³/mol. The molecule has 30 heavy (non-hydrogen) atoms. The van der Waals surface area contributed by atoms with Crippen LogP contribution in [-0.4, -0.2) is 46.0 Å². The smallest absolute Gasteiger partial charge is 0.322 e. The van der Waals surface area contributed by atoms with Gasteiger partial charge in [0.1, 0.15) is 5.82 Å². The van der Waals surface area contributed by atoms with Gasteiger partial charge < -0.3 is 15.1 Å². The summed E-state index contributed by atoms with van der Waals surface area (Å²) >= 11 is 1.44. The molecule has 2 amide bonds. The summed E-state index contributed by atoms with van der Waals surface area (Å²) in [7, 11) is 0. The number of benzene rings is 2. The molecule has 1 aromatic heterocycles. The van der Waals surface area contributed by atoms with Crippen LogP contribution in [0.15, 0.2) is 54.6 Å². The summed E-state index contributed by atoms with van der Waals surface area (Å²) in [4.78, 5) is 21.8. The summed E-state index contributed by atoms with van der Waals surface area (Å²) in [5.41, 5.74) is 3.26. The number of aryl methyl sites for hydroxylation is 1. The monoisotopic (exact) mass is 421 g/mol. The van der Waals surface area contributed by atoms with Gasteiger partial charge in [-0.3, -0.25) is 0 Å². The molecule has 1 fully saturated rings. The van der Waals surface area contributed by atoms with Crippen LogP contribution >= 0.6 is 11.5 Å². The molecule has 4 rings (SSSR count). The second kappa shape index (κ2) is 9.26. The van der Waals surface area contributed by atoms with Crippen molar-refractivity contribution in [2.75, 3.05) is 29.9 Å². The van der Waals surface area contributed by atoms with Crippen molar-refractivity contribution in [3.8, 4) is 0 Å². The van der Waals surface area contributed by atoms with Gasteiger partial charge >= 0.3 is 6.03 Å². The highest BCUT2D eigenvalue weighted by Gasteiger charge is 2.29. The first kappa shape index (κ1) is 20.3. The summed E-state index contributed by atoms with van der Waals surface area (Å²) in [5, 5.41) is 4.03. The van der Waals surface area contributed by atoms with Crippen molar-refractivity contribution >= 4 is 28.4 Å². The van der Waals surface area contributed by atoms with Gasteiger partial charge in [-0.1, -0.05) is 55.5 Å². The van der Waals surface area contributed by atoms with Crippen LogP contribution in [0.5, 0.6) is 0 Å². The maximum absolute atomic E-state index is 12.9. The Labute approximate surface area is 181 Å². The van der Waals surface area contributed by atoms with Crippen LogP contribution in [0.2, 0.25) is 0 Å². The van der Waals surface area contributed by atoms with Gasteiger partial charge in [0.25, 0.3) is 0 Å². The van der Waals surface area contributed by atoms with Crippen LogP contribution in [0, 0.1) is 0 Å². The third kappa shape index (κ3) is 4.62. The number of para-hydroxylation sites is 1. The Morgan fingerprint density at radius 1 is 1.13 bits per heavy atom. The molecule has 1 aliphatic rings. The average Bonchev–Trinajstić information content (AvgIpc) is 3.23. The molecule has 1 N–H and O–H groups in total. The van der Waals surface area contributed by atoms with Crippen LogP contribution in [0.3, 0.4) is 0 Å². The fourth-order valence-electron chi connectivity index (χ4n) is 3.79. The minimum Gasteiger partial charge on any atom is -0.343 e. The zero-order valence-corrected chi connectivity index (χ0v) is 18.2. The minimum atomic E-state index is -0.0370. The molecule has 0 aliphatic carbocycles. The fraction of sp³-hybridized carbons (Fsp3) is 0.348. The van der Waals surface area contributed by atoms with Crippen molar-refractivity contribution in [3.63, 3.8) is 0 Å². The van der Waals surface area contributed by atoms with Crippen molar-refractivity contribution in [3.05, 3.63) is 71.5 Å². The Balaban J connectivity index is 1.37. The van der Waals surface area contributed by atoms with Crippen LogP contribution < -0.4 is 10.2 Å². The first-order valence-corrected chi connectivity index (χ1v) is 11.2. The number of nitrogens with zero attached hydrogens (tertiary/aromatic N) is 4. The van der Waals surface area contributed by atoms with E-state index in [0.717, 1.165) is 48.1 Å². The molecule has 0 spiro atoms. The topological polar surface area (TPSA) is 61.4 Å². The molecule has 0 radical (unpaired) electrons. The number of hydrogen-bond acceptors (Lipinski definition) is 5. The predicted octanol–water partition coefficient (Wildman–Crippen LogP) is 4.43. The number of carbonyl (C=O) groups is 1. The van der Waals surface area contributed by atoms with Gasteiger partial charge in [-0.2, -0.15) is 4.37 Å². The molecule has 2 aromatic carbocycles. The molecule has 1 aliphatic heterocycles. The minimum absolute atomic E-state index is 0.0370. The number of piperazine rings is 1. The van der Waals surface area contributed by atoms with Gasteiger partial charge in [0.2, 0.25) is 5.13 Å². The second-order valence-electron chi connectivity index (χ2n) is 7.58. The number of hydrogen-bond donors (Lipinski definition) is 1. The molecule has 156 valence electrons. The number of carbonyl (C=O) groups excluding carboxylic acids is 1. The van der Waals surface area contributed by atoms with E-state index in [1.54, 1.807) is 0 Å². The maximum atomic E-state index is 12.9. The molecule has 6 nitrogen and oxygen atoms in total. The lowest BCUT2D eigenvalue weighted by Gasteiger charge is -2.39. The molecule has 3 aromatic rings. The highest BCUT2D eigenvalue weighted by Crippen LogP contribution is 2.23. The Kier molecular flexibility index (Phi) is 6.28. The van der Waals surface area contributed by atoms with Crippen molar-refractivity contribution in [1.29, 1.82) is 0 Å². The Bertz CT molecular complexity index is 990. The van der Waals surface area contributed by atoms with E-state index in [2.05, 4.69) is 46.6 Å². The molecule has 1 unspecified atom stereocenters. The van der Waals surface area contributed by atoms with Gasteiger partial charge in [0.05, 0.1) is 0 Å². The van der Waals surface area contributed by atoms with Crippen molar-refractivity contribution in [2.45, 2.75) is 32.7 Å². The molecular formula is C23H27N5OS. The van der Waals surface area contributed by atoms with Gasteiger partial charge in [-0.25, -0.2) is 9.78 Å². The summed E-state index contributed by atoms with van der Waals surface area (Å²) < 4.78 is 4.54. The van der Waals surface area contributed by atoms with Gasteiger partial charge in [0.15, 0.2) is 0 Å². The highest BCUT2D eigenvalue weighted by atomic mass is 32.1. The third-order valence-corrected chi connectivity index (χ3v) is 6.28. The zero-order valence-electron chi connectivity index (χ0n) is 17.4. The standard InChI is InChI=1S/C23H27N5OS/c1-3-19-11-7-8-12-20(19)24-22(29)28-14-13-27(16-17(28)2)23-25-21(26-30-23)15-18-9-5-4-6-10-18/h4-12,17H,3,13-16H2,1-2H3,(H,24,29). The number of nitrogens with one attached hydrogen (secondary N) is 1. The average molecular weight is 422 g/mol. The molecule has 1 atom stereocenters. The quantitative estimate of drug-likeness (QED) is 0.662. The lowest BCUT2D eigenvalue weighted by Crippen LogP contribution is -2.55. The normalized spacial score (nSPS) is 16.5.